The van der Waals surface area contributed by atoms with Crippen LogP contribution in [-0.2, 0) is 20.9 Å². The van der Waals surface area contributed by atoms with E-state index in [9.17, 15) is 14.4 Å². The van der Waals surface area contributed by atoms with E-state index >= 15 is 0 Å². The maximum absolute atomic E-state index is 12.8. The van der Waals surface area contributed by atoms with E-state index in [0.29, 0.717) is 12.2 Å². The van der Waals surface area contributed by atoms with Gasteiger partial charge in [-0.25, -0.2) is 5.01 Å². The predicted octanol–water partition coefficient (Wildman–Crippen LogP) is 2.67. The lowest BCUT2D eigenvalue weighted by atomic mass is 10.0. The molecule has 0 saturated carbocycles. The van der Waals surface area contributed by atoms with Crippen molar-refractivity contribution in [2.75, 3.05) is 6.61 Å². The van der Waals surface area contributed by atoms with E-state index in [4.69, 9.17) is 9.15 Å². The molecule has 2 aromatic heterocycles. The highest BCUT2D eigenvalue weighted by Crippen LogP contribution is 2.33. The zero-order chi connectivity index (χ0) is 21.8. The minimum atomic E-state index is -0.682. The zero-order valence-corrected chi connectivity index (χ0v) is 16.9. The molecule has 158 valence electrons. The van der Waals surface area contributed by atoms with Crippen molar-refractivity contribution in [2.45, 2.75) is 25.9 Å². The molecular weight excluding hydrogens is 398 g/mol. The molecule has 1 aliphatic rings. The molecule has 0 bridgehead atoms. The summed E-state index contributed by atoms with van der Waals surface area (Å²) in [5.74, 6) is -0.559. The van der Waals surface area contributed by atoms with Crippen LogP contribution in [0.4, 0.5) is 0 Å². The number of rotatable bonds is 6. The number of hydrazone groups is 1. The first kappa shape index (κ1) is 20.3. The largest absolute Gasteiger partial charge is 0.467 e. The number of esters is 1. The first-order valence-corrected chi connectivity index (χ1v) is 9.82. The molecule has 31 heavy (non-hydrogen) atoms. The summed E-state index contributed by atoms with van der Waals surface area (Å²) in [6, 6.07) is 15.6. The Kier molecular flexibility index (Phi) is 5.79. The Morgan fingerprint density at radius 2 is 1.94 bits per heavy atom. The number of aryl methyl sites for hydroxylation is 1. The van der Waals surface area contributed by atoms with E-state index in [1.807, 2.05) is 31.2 Å². The van der Waals surface area contributed by atoms with Crippen molar-refractivity contribution >= 4 is 17.6 Å². The van der Waals surface area contributed by atoms with Crippen LogP contribution < -0.4 is 5.56 Å². The molecule has 4 rings (SSSR count). The van der Waals surface area contributed by atoms with Gasteiger partial charge in [0.1, 0.15) is 18.3 Å². The Labute approximate surface area is 178 Å². The molecule has 8 nitrogen and oxygen atoms in total. The molecule has 0 fully saturated rings. The Morgan fingerprint density at radius 3 is 2.65 bits per heavy atom. The van der Waals surface area contributed by atoms with Gasteiger partial charge in [-0.1, -0.05) is 35.9 Å². The number of nitrogens with zero attached hydrogens (tertiary/aromatic N) is 3. The smallest absolute Gasteiger partial charge is 0.326 e. The zero-order valence-electron chi connectivity index (χ0n) is 16.9. The second kappa shape index (κ2) is 8.83. The van der Waals surface area contributed by atoms with Gasteiger partial charge in [-0.15, -0.1) is 0 Å². The van der Waals surface area contributed by atoms with E-state index in [0.717, 1.165) is 16.8 Å². The number of carbonyl (C=O) groups is 2. The molecule has 0 unspecified atom stereocenters. The summed E-state index contributed by atoms with van der Waals surface area (Å²) in [6.45, 7) is 1.24. The van der Waals surface area contributed by atoms with Gasteiger partial charge >= 0.3 is 5.97 Å². The van der Waals surface area contributed by atoms with Crippen LogP contribution in [0.2, 0.25) is 0 Å². The molecule has 1 aromatic carbocycles. The molecule has 1 atom stereocenters. The van der Waals surface area contributed by atoms with Crippen LogP contribution in [0.15, 0.2) is 81.4 Å². The van der Waals surface area contributed by atoms with Gasteiger partial charge < -0.3 is 13.7 Å². The van der Waals surface area contributed by atoms with Crippen molar-refractivity contribution in [3.63, 3.8) is 0 Å². The topological polar surface area (TPSA) is 94.1 Å². The van der Waals surface area contributed by atoms with Gasteiger partial charge in [-0.3, -0.25) is 14.4 Å². The van der Waals surface area contributed by atoms with Gasteiger partial charge in [0.05, 0.1) is 12.0 Å². The van der Waals surface area contributed by atoms with Crippen LogP contribution in [-0.4, -0.2) is 33.8 Å². The van der Waals surface area contributed by atoms with Crippen molar-refractivity contribution < 1.29 is 18.7 Å². The molecule has 0 radical (unpaired) electrons. The molecule has 0 aliphatic carbocycles. The van der Waals surface area contributed by atoms with Crippen molar-refractivity contribution in [3.8, 4) is 0 Å². The summed E-state index contributed by atoms with van der Waals surface area (Å²) in [7, 11) is 0. The van der Waals surface area contributed by atoms with Crippen molar-refractivity contribution in [3.05, 3.63) is 94.3 Å². The van der Waals surface area contributed by atoms with E-state index < -0.39 is 24.5 Å². The number of aromatic nitrogens is 1. The van der Waals surface area contributed by atoms with Crippen molar-refractivity contribution in [1.82, 2.24) is 9.58 Å². The average Bonchev–Trinajstić information content (AvgIpc) is 3.44. The number of furan rings is 1. The number of hydrogen-bond acceptors (Lipinski definition) is 6. The number of amides is 1. The van der Waals surface area contributed by atoms with Gasteiger partial charge in [-0.05, 0) is 30.7 Å². The fourth-order valence-electron chi connectivity index (χ4n) is 3.35. The normalized spacial score (nSPS) is 15.6. The summed E-state index contributed by atoms with van der Waals surface area (Å²) >= 11 is 0. The lowest BCUT2D eigenvalue weighted by Crippen LogP contribution is -2.32. The third kappa shape index (κ3) is 4.63. The molecule has 0 spiro atoms. The third-order valence-electron chi connectivity index (χ3n) is 4.98. The Morgan fingerprint density at radius 1 is 1.13 bits per heavy atom. The second-order valence-electron chi connectivity index (χ2n) is 7.21. The number of benzene rings is 1. The third-order valence-corrected chi connectivity index (χ3v) is 4.98. The van der Waals surface area contributed by atoms with Crippen LogP contribution in [0.5, 0.6) is 0 Å². The SMILES string of the molecule is Cc1ccc(C2=NN(C(=O)COC(=O)Cn3ccccc3=O)[C@H](c3ccco3)C2)cc1. The van der Waals surface area contributed by atoms with Gasteiger partial charge in [0.2, 0.25) is 0 Å². The van der Waals surface area contributed by atoms with Crippen LogP contribution in [0, 0.1) is 6.92 Å². The maximum atomic E-state index is 12.8. The van der Waals surface area contributed by atoms with Gasteiger partial charge in [0.15, 0.2) is 6.61 Å². The summed E-state index contributed by atoms with van der Waals surface area (Å²) in [5, 5.41) is 5.80. The highest BCUT2D eigenvalue weighted by molar-refractivity contribution is 6.03. The molecule has 1 aliphatic heterocycles. The summed E-state index contributed by atoms with van der Waals surface area (Å²) in [5.41, 5.74) is 2.47. The number of pyridine rings is 1. The Hall–Kier alpha value is -3.94. The number of carbonyl (C=O) groups excluding carboxylic acids is 2. The molecule has 8 heteroatoms. The fourth-order valence-corrected chi connectivity index (χ4v) is 3.35. The van der Waals surface area contributed by atoms with Gasteiger partial charge in [0, 0.05) is 18.7 Å². The molecule has 0 saturated heterocycles. The Bertz CT molecular complexity index is 1160. The highest BCUT2D eigenvalue weighted by atomic mass is 16.5. The van der Waals surface area contributed by atoms with Crippen LogP contribution >= 0.6 is 0 Å². The molecule has 3 heterocycles. The molecular formula is C23H21N3O5. The van der Waals surface area contributed by atoms with Crippen molar-refractivity contribution in [1.29, 1.82) is 0 Å². The van der Waals surface area contributed by atoms with Gasteiger partial charge in [-0.2, -0.15) is 5.10 Å². The van der Waals surface area contributed by atoms with Gasteiger partial charge in [0.25, 0.3) is 11.5 Å². The van der Waals surface area contributed by atoms with Crippen LogP contribution in [0.25, 0.3) is 0 Å². The van der Waals surface area contributed by atoms with E-state index in [1.54, 1.807) is 30.5 Å². The number of ether oxygens (including phenoxy) is 1. The first-order chi connectivity index (χ1) is 15.0. The van der Waals surface area contributed by atoms with E-state index in [-0.39, 0.29) is 12.1 Å². The van der Waals surface area contributed by atoms with E-state index in [1.165, 1.54) is 21.8 Å². The number of hydrogen-bond donors (Lipinski definition) is 0. The molecule has 0 N–H and O–H groups in total. The van der Waals surface area contributed by atoms with Crippen LogP contribution in [0.1, 0.15) is 29.3 Å². The first-order valence-electron chi connectivity index (χ1n) is 9.82. The fraction of sp³-hybridized carbons (Fsp3) is 0.217. The molecule has 1 amide bonds. The standard InChI is InChI=1S/C23H21N3O5/c1-16-7-9-17(10-8-16)18-13-19(20-5-4-12-30-20)26(24-18)22(28)15-31-23(29)14-25-11-3-2-6-21(25)27/h2-12,19H,13-15H2,1H3/t19-/m0/s1. The Balaban J connectivity index is 1.47. The summed E-state index contributed by atoms with van der Waals surface area (Å²) in [4.78, 5) is 36.7. The predicted molar refractivity (Wildman–Crippen MR) is 112 cm³/mol. The quantitative estimate of drug-likeness (QED) is 0.573. The van der Waals surface area contributed by atoms with Crippen LogP contribution in [0.3, 0.4) is 0 Å². The van der Waals surface area contributed by atoms with Crippen molar-refractivity contribution in [2.24, 2.45) is 5.10 Å². The summed E-state index contributed by atoms with van der Waals surface area (Å²) < 4.78 is 11.8. The lowest BCUT2D eigenvalue weighted by Gasteiger charge is -2.19. The maximum Gasteiger partial charge on any atom is 0.326 e. The average molecular weight is 419 g/mol. The highest BCUT2D eigenvalue weighted by Gasteiger charge is 2.35. The minimum absolute atomic E-state index is 0.271. The molecule has 3 aromatic rings. The summed E-state index contributed by atoms with van der Waals surface area (Å²) in [6.07, 6.45) is 3.51. The monoisotopic (exact) mass is 419 g/mol. The van der Waals surface area contributed by atoms with E-state index in [2.05, 4.69) is 5.10 Å². The minimum Gasteiger partial charge on any atom is -0.467 e. The lowest BCUT2D eigenvalue weighted by molar-refractivity contribution is -0.153. The second-order valence-corrected chi connectivity index (χ2v) is 7.21.